The van der Waals surface area contributed by atoms with Crippen LogP contribution in [-0.4, -0.2) is 55.4 Å². The molecule has 0 aliphatic carbocycles. The molecular weight excluding hydrogens is 502 g/mol. The number of rotatable bonds is 10. The third-order valence-corrected chi connectivity index (χ3v) is 7.55. The summed E-state index contributed by atoms with van der Waals surface area (Å²) in [5.41, 5.74) is 2.47. The molecule has 2 atom stereocenters. The number of ether oxygens (including phenoxy) is 3. The summed E-state index contributed by atoms with van der Waals surface area (Å²) in [5.74, 6) is 1.14. The number of amides is 1. The maximum absolute atomic E-state index is 13.4. The molecule has 1 aliphatic rings. The van der Waals surface area contributed by atoms with E-state index in [1.165, 1.54) is 0 Å². The Labute approximate surface area is 235 Å². The highest BCUT2D eigenvalue weighted by molar-refractivity contribution is 5.79. The van der Waals surface area contributed by atoms with E-state index in [9.17, 15) is 9.90 Å². The highest BCUT2D eigenvalue weighted by atomic mass is 16.5. The summed E-state index contributed by atoms with van der Waals surface area (Å²) in [5, 5.41) is 10.6. The smallest absolute Gasteiger partial charge is 0.227 e. The number of nitrogens with zero attached hydrogens (tertiary/aromatic N) is 1. The summed E-state index contributed by atoms with van der Waals surface area (Å²) in [6.45, 7) is 0.494. The SMILES string of the molecule is COc1cccc(C(OCC2CC(O)CN2C(=O)Cc2ccccc2)(c2ccccc2)c2ccccc2)c1OC. The highest BCUT2D eigenvalue weighted by Crippen LogP contribution is 2.47. The fourth-order valence-electron chi connectivity index (χ4n) is 5.68. The molecule has 0 saturated carbocycles. The lowest BCUT2D eigenvalue weighted by atomic mass is 9.79. The first-order valence-electron chi connectivity index (χ1n) is 13.5. The zero-order chi connectivity index (χ0) is 28.0. The number of benzene rings is 4. The van der Waals surface area contributed by atoms with Crippen molar-refractivity contribution in [1.82, 2.24) is 4.90 Å². The number of carbonyl (C=O) groups excluding carboxylic acids is 1. The minimum Gasteiger partial charge on any atom is -0.493 e. The molecule has 1 amide bonds. The zero-order valence-electron chi connectivity index (χ0n) is 22.9. The van der Waals surface area contributed by atoms with Gasteiger partial charge in [0.2, 0.25) is 5.91 Å². The Bertz CT molecular complexity index is 1350. The number of hydrogen-bond acceptors (Lipinski definition) is 5. The highest BCUT2D eigenvalue weighted by Gasteiger charge is 2.43. The Kier molecular flexibility index (Phi) is 8.48. The number of aliphatic hydroxyl groups is 1. The first-order chi connectivity index (χ1) is 19.6. The van der Waals surface area contributed by atoms with E-state index in [2.05, 4.69) is 0 Å². The van der Waals surface area contributed by atoms with Gasteiger partial charge in [-0.05, 0) is 29.2 Å². The van der Waals surface area contributed by atoms with Gasteiger partial charge in [-0.1, -0.05) is 103 Å². The topological polar surface area (TPSA) is 68.2 Å². The number of hydrogen-bond donors (Lipinski definition) is 1. The second-order valence-corrected chi connectivity index (χ2v) is 10.0. The second-order valence-electron chi connectivity index (χ2n) is 10.0. The van der Waals surface area contributed by atoms with Crippen molar-refractivity contribution in [2.24, 2.45) is 0 Å². The van der Waals surface area contributed by atoms with Crippen LogP contribution in [0.15, 0.2) is 109 Å². The first-order valence-corrected chi connectivity index (χ1v) is 13.5. The standard InChI is InChI=1S/C34H35NO5/c1-38-31-20-12-19-30(33(31)39-2)34(26-15-8-4-9-16-26,27-17-10-5-11-18-27)40-24-28-22-29(36)23-35(28)32(37)21-25-13-6-3-7-14-25/h3-20,28-29,36H,21-24H2,1-2H3. The van der Waals surface area contributed by atoms with Gasteiger partial charge >= 0.3 is 0 Å². The maximum Gasteiger partial charge on any atom is 0.227 e. The van der Waals surface area contributed by atoms with E-state index in [1.807, 2.05) is 109 Å². The van der Waals surface area contributed by atoms with Gasteiger partial charge in [-0.2, -0.15) is 0 Å². The van der Waals surface area contributed by atoms with Crippen molar-refractivity contribution in [3.63, 3.8) is 0 Å². The maximum atomic E-state index is 13.4. The van der Waals surface area contributed by atoms with Crippen molar-refractivity contribution < 1.29 is 24.1 Å². The minimum atomic E-state index is -1.08. The second kappa shape index (κ2) is 12.4. The molecular formula is C34H35NO5. The monoisotopic (exact) mass is 537 g/mol. The summed E-state index contributed by atoms with van der Waals surface area (Å²) >= 11 is 0. The van der Waals surface area contributed by atoms with E-state index in [0.29, 0.717) is 17.9 Å². The number of methoxy groups -OCH3 is 2. The number of likely N-dealkylation sites (tertiary alicyclic amines) is 1. The van der Waals surface area contributed by atoms with Crippen molar-refractivity contribution in [3.8, 4) is 11.5 Å². The summed E-state index contributed by atoms with van der Waals surface area (Å²) in [7, 11) is 3.24. The molecule has 40 heavy (non-hydrogen) atoms. The Morgan fingerprint density at radius 2 is 1.43 bits per heavy atom. The molecule has 0 bridgehead atoms. The van der Waals surface area contributed by atoms with Crippen LogP contribution in [0.5, 0.6) is 11.5 Å². The molecule has 0 spiro atoms. The number of carbonyl (C=O) groups is 1. The van der Waals surface area contributed by atoms with Crippen LogP contribution in [0.3, 0.4) is 0 Å². The van der Waals surface area contributed by atoms with Gasteiger partial charge in [-0.25, -0.2) is 0 Å². The average Bonchev–Trinajstić information content (AvgIpc) is 3.39. The van der Waals surface area contributed by atoms with Crippen molar-refractivity contribution >= 4 is 5.91 Å². The predicted molar refractivity (Wildman–Crippen MR) is 155 cm³/mol. The van der Waals surface area contributed by atoms with E-state index in [1.54, 1.807) is 19.1 Å². The van der Waals surface area contributed by atoms with E-state index in [-0.39, 0.29) is 31.5 Å². The summed E-state index contributed by atoms with van der Waals surface area (Å²) < 4.78 is 18.6. The Morgan fingerprint density at radius 3 is 2.00 bits per heavy atom. The van der Waals surface area contributed by atoms with Crippen LogP contribution in [0.2, 0.25) is 0 Å². The first kappa shape index (κ1) is 27.4. The van der Waals surface area contributed by atoms with Crippen LogP contribution in [0, 0.1) is 0 Å². The number of para-hydroxylation sites is 1. The van der Waals surface area contributed by atoms with Gasteiger partial charge in [0.15, 0.2) is 11.5 Å². The summed E-state index contributed by atoms with van der Waals surface area (Å²) in [6, 6.07) is 35.2. The summed E-state index contributed by atoms with van der Waals surface area (Å²) in [4.78, 5) is 15.2. The lowest BCUT2D eigenvalue weighted by Crippen LogP contribution is -2.43. The average molecular weight is 538 g/mol. The van der Waals surface area contributed by atoms with E-state index < -0.39 is 11.7 Å². The minimum absolute atomic E-state index is 0.0275. The van der Waals surface area contributed by atoms with Crippen molar-refractivity contribution in [2.45, 2.75) is 30.6 Å². The van der Waals surface area contributed by atoms with Crippen molar-refractivity contribution in [2.75, 3.05) is 27.4 Å². The van der Waals surface area contributed by atoms with Crippen molar-refractivity contribution in [3.05, 3.63) is 131 Å². The third-order valence-electron chi connectivity index (χ3n) is 7.55. The Hall–Kier alpha value is -4.13. The molecule has 1 fully saturated rings. The molecule has 0 radical (unpaired) electrons. The molecule has 1 aliphatic heterocycles. The molecule has 6 nitrogen and oxygen atoms in total. The molecule has 2 unspecified atom stereocenters. The molecule has 1 saturated heterocycles. The normalized spacial score (nSPS) is 17.0. The fraction of sp³-hybridized carbons (Fsp3) is 0.265. The zero-order valence-corrected chi connectivity index (χ0v) is 22.9. The van der Waals surface area contributed by atoms with E-state index in [4.69, 9.17) is 14.2 Å². The van der Waals surface area contributed by atoms with Gasteiger partial charge in [0, 0.05) is 12.1 Å². The van der Waals surface area contributed by atoms with E-state index >= 15 is 0 Å². The van der Waals surface area contributed by atoms with Crippen LogP contribution < -0.4 is 9.47 Å². The molecule has 206 valence electrons. The van der Waals surface area contributed by atoms with Crippen LogP contribution in [0.25, 0.3) is 0 Å². The van der Waals surface area contributed by atoms with E-state index in [0.717, 1.165) is 22.3 Å². The Morgan fingerprint density at radius 1 is 0.825 bits per heavy atom. The van der Waals surface area contributed by atoms with Gasteiger partial charge in [0.1, 0.15) is 5.60 Å². The van der Waals surface area contributed by atoms with Gasteiger partial charge < -0.3 is 24.2 Å². The Balaban J connectivity index is 1.57. The van der Waals surface area contributed by atoms with Crippen molar-refractivity contribution in [1.29, 1.82) is 0 Å². The third kappa shape index (κ3) is 5.46. The van der Waals surface area contributed by atoms with Crippen LogP contribution in [0.4, 0.5) is 0 Å². The number of β-amino-alcohol motifs (C(OH)–C–C–N with tert-alkyl or cyclic N) is 1. The molecule has 6 heteroatoms. The van der Waals surface area contributed by atoms with Gasteiger partial charge in [0.25, 0.3) is 0 Å². The quantitative estimate of drug-likeness (QED) is 0.281. The van der Waals surface area contributed by atoms with Gasteiger partial charge in [-0.15, -0.1) is 0 Å². The number of aliphatic hydroxyl groups excluding tert-OH is 1. The molecule has 1 heterocycles. The molecule has 0 aromatic heterocycles. The molecule has 4 aromatic rings. The molecule has 4 aromatic carbocycles. The largest absolute Gasteiger partial charge is 0.493 e. The lowest BCUT2D eigenvalue weighted by molar-refractivity contribution is -0.133. The summed E-state index contributed by atoms with van der Waals surface area (Å²) in [6.07, 6.45) is 0.105. The molecule has 1 N–H and O–H groups in total. The van der Waals surface area contributed by atoms with Crippen LogP contribution in [-0.2, 0) is 21.6 Å². The fourth-order valence-corrected chi connectivity index (χ4v) is 5.68. The molecule has 5 rings (SSSR count). The van der Waals surface area contributed by atoms with Gasteiger partial charge in [-0.3, -0.25) is 4.79 Å². The van der Waals surface area contributed by atoms with Crippen LogP contribution >= 0.6 is 0 Å². The van der Waals surface area contributed by atoms with Crippen LogP contribution in [0.1, 0.15) is 28.7 Å². The predicted octanol–water partition coefficient (Wildman–Crippen LogP) is 5.22. The lowest BCUT2D eigenvalue weighted by Gasteiger charge is -2.38. The van der Waals surface area contributed by atoms with Gasteiger partial charge in [0.05, 0.1) is 39.4 Å².